The fourth-order valence-corrected chi connectivity index (χ4v) is 2.28. The highest BCUT2D eigenvalue weighted by molar-refractivity contribution is 5.19. The van der Waals surface area contributed by atoms with Crippen molar-refractivity contribution in [3.05, 3.63) is 66.0 Å². The molecule has 1 heterocycles. The van der Waals surface area contributed by atoms with Crippen LogP contribution in [0.15, 0.2) is 54.9 Å². The van der Waals surface area contributed by atoms with Crippen molar-refractivity contribution in [2.75, 3.05) is 0 Å². The molecule has 0 radical (unpaired) electrons. The zero-order valence-corrected chi connectivity index (χ0v) is 11.2. The van der Waals surface area contributed by atoms with Crippen molar-refractivity contribution >= 4 is 0 Å². The van der Waals surface area contributed by atoms with Crippen molar-refractivity contribution in [3.63, 3.8) is 0 Å². The summed E-state index contributed by atoms with van der Waals surface area (Å²) in [5.74, 6) is 1.22. The van der Waals surface area contributed by atoms with Crippen LogP contribution >= 0.6 is 0 Å². The summed E-state index contributed by atoms with van der Waals surface area (Å²) in [6, 6.07) is 15.0. The number of nitrogens with zero attached hydrogens (tertiary/aromatic N) is 1. The Morgan fingerprint density at radius 1 is 0.833 bits per heavy atom. The van der Waals surface area contributed by atoms with E-state index in [2.05, 4.69) is 55.2 Å². The number of hydrogen-bond donors (Lipinski definition) is 0. The van der Waals surface area contributed by atoms with E-state index in [1.165, 1.54) is 24.0 Å². The molecule has 2 unspecified atom stereocenters. The first-order valence-electron chi connectivity index (χ1n) is 6.72. The van der Waals surface area contributed by atoms with Crippen LogP contribution in [0.3, 0.4) is 0 Å². The maximum absolute atomic E-state index is 4.19. The molecule has 1 aromatic heterocycles. The van der Waals surface area contributed by atoms with Gasteiger partial charge in [0.15, 0.2) is 0 Å². The lowest BCUT2D eigenvalue weighted by molar-refractivity contribution is 0.573. The number of rotatable bonds is 5. The SMILES string of the molecule is CC(CCC(C)c1cccnc1)c1ccccc1. The van der Waals surface area contributed by atoms with Crippen LogP contribution in [0.2, 0.25) is 0 Å². The molecule has 0 aliphatic rings. The van der Waals surface area contributed by atoms with Crippen molar-refractivity contribution in [1.29, 1.82) is 0 Å². The summed E-state index contributed by atoms with van der Waals surface area (Å²) in [5.41, 5.74) is 2.79. The molecule has 0 saturated carbocycles. The third-order valence-corrected chi connectivity index (χ3v) is 3.65. The first-order chi connectivity index (χ1) is 8.77. The van der Waals surface area contributed by atoms with Gasteiger partial charge in [-0.2, -0.15) is 0 Å². The second kappa shape index (κ2) is 6.34. The quantitative estimate of drug-likeness (QED) is 0.732. The predicted molar refractivity (Wildman–Crippen MR) is 76.7 cm³/mol. The normalized spacial score (nSPS) is 14.1. The average molecular weight is 239 g/mol. The molecule has 2 rings (SSSR count). The van der Waals surface area contributed by atoms with Crippen LogP contribution in [-0.2, 0) is 0 Å². The third kappa shape index (κ3) is 3.43. The smallest absolute Gasteiger partial charge is 0.0302 e. The fraction of sp³-hybridized carbons (Fsp3) is 0.353. The highest BCUT2D eigenvalue weighted by Crippen LogP contribution is 2.26. The topological polar surface area (TPSA) is 12.9 Å². The number of hydrogen-bond acceptors (Lipinski definition) is 1. The summed E-state index contributed by atoms with van der Waals surface area (Å²) < 4.78 is 0. The molecular weight excluding hydrogens is 218 g/mol. The first-order valence-corrected chi connectivity index (χ1v) is 6.72. The monoisotopic (exact) mass is 239 g/mol. The Morgan fingerprint density at radius 2 is 1.44 bits per heavy atom. The van der Waals surface area contributed by atoms with Gasteiger partial charge in [0.2, 0.25) is 0 Å². The zero-order chi connectivity index (χ0) is 12.8. The van der Waals surface area contributed by atoms with Crippen LogP contribution in [0.4, 0.5) is 0 Å². The van der Waals surface area contributed by atoms with Gasteiger partial charge in [-0.1, -0.05) is 50.2 Å². The molecule has 0 bridgehead atoms. The Bertz CT molecular complexity index is 404. The maximum atomic E-state index is 4.19. The minimum Gasteiger partial charge on any atom is -0.264 e. The highest BCUT2D eigenvalue weighted by atomic mass is 14.6. The van der Waals surface area contributed by atoms with Crippen LogP contribution in [0.5, 0.6) is 0 Å². The van der Waals surface area contributed by atoms with Crippen LogP contribution in [0, 0.1) is 0 Å². The molecule has 0 aliphatic carbocycles. The molecule has 2 aromatic rings. The fourth-order valence-electron chi connectivity index (χ4n) is 2.28. The summed E-state index contributed by atoms with van der Waals surface area (Å²) in [6.07, 6.45) is 6.25. The minimum absolute atomic E-state index is 0.588. The van der Waals surface area contributed by atoms with Crippen LogP contribution in [-0.4, -0.2) is 4.98 Å². The molecule has 18 heavy (non-hydrogen) atoms. The van der Waals surface area contributed by atoms with E-state index in [4.69, 9.17) is 0 Å². The molecule has 1 aromatic carbocycles. The molecular formula is C17H21N. The molecule has 0 spiro atoms. The Morgan fingerprint density at radius 3 is 2.06 bits per heavy atom. The van der Waals surface area contributed by atoms with Crippen LogP contribution in [0.25, 0.3) is 0 Å². The van der Waals surface area contributed by atoms with E-state index in [-0.39, 0.29) is 0 Å². The number of aromatic nitrogens is 1. The first kappa shape index (κ1) is 12.8. The van der Waals surface area contributed by atoms with Crippen molar-refractivity contribution in [3.8, 4) is 0 Å². The van der Waals surface area contributed by atoms with E-state index in [1.807, 2.05) is 18.5 Å². The van der Waals surface area contributed by atoms with Gasteiger partial charge >= 0.3 is 0 Å². The van der Waals surface area contributed by atoms with Crippen molar-refractivity contribution in [2.45, 2.75) is 38.5 Å². The molecule has 1 heteroatoms. The summed E-state index contributed by atoms with van der Waals surface area (Å²) in [6.45, 7) is 4.60. The van der Waals surface area contributed by atoms with Gasteiger partial charge in [-0.3, -0.25) is 4.98 Å². The molecule has 2 atom stereocenters. The van der Waals surface area contributed by atoms with Gasteiger partial charge in [-0.25, -0.2) is 0 Å². The largest absolute Gasteiger partial charge is 0.264 e. The second-order valence-corrected chi connectivity index (χ2v) is 5.08. The van der Waals surface area contributed by atoms with Gasteiger partial charge in [-0.05, 0) is 41.9 Å². The van der Waals surface area contributed by atoms with Gasteiger partial charge in [0, 0.05) is 12.4 Å². The molecule has 94 valence electrons. The van der Waals surface area contributed by atoms with Gasteiger partial charge in [-0.15, -0.1) is 0 Å². The van der Waals surface area contributed by atoms with Gasteiger partial charge in [0.1, 0.15) is 0 Å². The van der Waals surface area contributed by atoms with E-state index in [0.717, 1.165) is 0 Å². The summed E-state index contributed by atoms with van der Waals surface area (Å²) in [4.78, 5) is 4.19. The highest BCUT2D eigenvalue weighted by Gasteiger charge is 2.09. The Hall–Kier alpha value is -1.63. The number of pyridine rings is 1. The Labute approximate surface area is 110 Å². The van der Waals surface area contributed by atoms with Gasteiger partial charge in [0.05, 0.1) is 0 Å². The van der Waals surface area contributed by atoms with Gasteiger partial charge < -0.3 is 0 Å². The average Bonchev–Trinajstić information content (AvgIpc) is 2.46. The lowest BCUT2D eigenvalue weighted by Crippen LogP contribution is -1.99. The molecule has 0 fully saturated rings. The minimum atomic E-state index is 0.588. The third-order valence-electron chi connectivity index (χ3n) is 3.65. The summed E-state index contributed by atoms with van der Waals surface area (Å²) in [7, 11) is 0. The number of benzene rings is 1. The predicted octanol–water partition coefficient (Wildman–Crippen LogP) is 4.77. The van der Waals surface area contributed by atoms with Crippen molar-refractivity contribution in [2.24, 2.45) is 0 Å². The van der Waals surface area contributed by atoms with E-state index < -0.39 is 0 Å². The van der Waals surface area contributed by atoms with Gasteiger partial charge in [0.25, 0.3) is 0 Å². The van der Waals surface area contributed by atoms with E-state index in [9.17, 15) is 0 Å². The maximum Gasteiger partial charge on any atom is 0.0302 e. The Balaban J connectivity index is 1.89. The summed E-state index contributed by atoms with van der Waals surface area (Å²) >= 11 is 0. The lowest BCUT2D eigenvalue weighted by atomic mass is 9.90. The zero-order valence-electron chi connectivity index (χ0n) is 11.2. The molecule has 0 saturated heterocycles. The van der Waals surface area contributed by atoms with Crippen LogP contribution in [0.1, 0.15) is 49.7 Å². The van der Waals surface area contributed by atoms with E-state index in [1.54, 1.807) is 0 Å². The lowest BCUT2D eigenvalue weighted by Gasteiger charge is -2.16. The second-order valence-electron chi connectivity index (χ2n) is 5.08. The van der Waals surface area contributed by atoms with Crippen molar-refractivity contribution in [1.82, 2.24) is 4.98 Å². The molecule has 0 amide bonds. The summed E-state index contributed by atoms with van der Waals surface area (Å²) in [5, 5.41) is 0. The standard InChI is InChI=1S/C17H21N/c1-14(16-7-4-3-5-8-16)10-11-15(2)17-9-6-12-18-13-17/h3-9,12-15H,10-11H2,1-2H3. The molecule has 0 aliphatic heterocycles. The molecule has 1 nitrogen and oxygen atoms in total. The van der Waals surface area contributed by atoms with E-state index >= 15 is 0 Å². The van der Waals surface area contributed by atoms with Crippen LogP contribution < -0.4 is 0 Å². The van der Waals surface area contributed by atoms with Crippen molar-refractivity contribution < 1.29 is 0 Å². The molecule has 0 N–H and O–H groups in total. The van der Waals surface area contributed by atoms with E-state index in [0.29, 0.717) is 11.8 Å². The Kier molecular flexibility index (Phi) is 4.52.